The number of hydrogen-bond acceptors (Lipinski definition) is 4. The number of para-hydroxylation sites is 1. The molecule has 2 aromatic rings. The summed E-state index contributed by atoms with van der Waals surface area (Å²) in [5, 5.41) is 8.03. The minimum Gasteiger partial charge on any atom is -0.397 e. The van der Waals surface area contributed by atoms with Crippen molar-refractivity contribution >= 4 is 23.0 Å². The molecule has 76 valence electrons. The SMILES string of the molecule is Nc1cccc(-c2ccc(Cl)nn2)c1N. The van der Waals surface area contributed by atoms with Gasteiger partial charge in [0.25, 0.3) is 0 Å². The molecule has 0 amide bonds. The number of nitrogens with zero attached hydrogens (tertiary/aromatic N) is 2. The maximum Gasteiger partial charge on any atom is 0.151 e. The lowest BCUT2D eigenvalue weighted by Gasteiger charge is -2.06. The number of anilines is 2. The summed E-state index contributed by atoms with van der Waals surface area (Å²) in [5.74, 6) is 0. The Morgan fingerprint density at radius 3 is 2.47 bits per heavy atom. The van der Waals surface area contributed by atoms with Crippen molar-refractivity contribution in [3.8, 4) is 11.3 Å². The van der Waals surface area contributed by atoms with Crippen molar-refractivity contribution in [1.29, 1.82) is 0 Å². The van der Waals surface area contributed by atoms with E-state index in [4.69, 9.17) is 23.1 Å². The topological polar surface area (TPSA) is 77.8 Å². The third kappa shape index (κ3) is 1.85. The highest BCUT2D eigenvalue weighted by Crippen LogP contribution is 2.28. The predicted octanol–water partition coefficient (Wildman–Crippen LogP) is 1.96. The van der Waals surface area contributed by atoms with Gasteiger partial charge in [0, 0.05) is 5.56 Å². The van der Waals surface area contributed by atoms with Crippen molar-refractivity contribution < 1.29 is 0 Å². The van der Waals surface area contributed by atoms with Gasteiger partial charge < -0.3 is 11.5 Å². The Labute approximate surface area is 91.9 Å². The highest BCUT2D eigenvalue weighted by Gasteiger charge is 2.06. The van der Waals surface area contributed by atoms with Gasteiger partial charge in [0.2, 0.25) is 0 Å². The van der Waals surface area contributed by atoms with Gasteiger partial charge in [-0.1, -0.05) is 23.7 Å². The van der Waals surface area contributed by atoms with Crippen LogP contribution in [0.3, 0.4) is 0 Å². The minimum absolute atomic E-state index is 0.348. The van der Waals surface area contributed by atoms with Gasteiger partial charge in [-0.3, -0.25) is 0 Å². The van der Waals surface area contributed by atoms with Crippen molar-refractivity contribution in [3.63, 3.8) is 0 Å². The second-order valence-electron chi connectivity index (χ2n) is 3.05. The lowest BCUT2D eigenvalue weighted by Crippen LogP contribution is -1.98. The number of benzene rings is 1. The molecule has 0 fully saturated rings. The van der Waals surface area contributed by atoms with Crippen LogP contribution >= 0.6 is 11.6 Å². The summed E-state index contributed by atoms with van der Waals surface area (Å²) in [4.78, 5) is 0. The van der Waals surface area contributed by atoms with Gasteiger partial charge in [-0.2, -0.15) is 0 Å². The molecule has 0 bridgehead atoms. The molecule has 0 spiro atoms. The molecule has 2 rings (SSSR count). The monoisotopic (exact) mass is 220 g/mol. The molecule has 15 heavy (non-hydrogen) atoms. The van der Waals surface area contributed by atoms with Crippen molar-refractivity contribution in [2.24, 2.45) is 0 Å². The molecule has 5 heteroatoms. The van der Waals surface area contributed by atoms with Crippen molar-refractivity contribution in [1.82, 2.24) is 10.2 Å². The van der Waals surface area contributed by atoms with Crippen LogP contribution in [0.2, 0.25) is 5.15 Å². The summed E-state index contributed by atoms with van der Waals surface area (Å²) in [6, 6.07) is 8.80. The van der Waals surface area contributed by atoms with Crippen molar-refractivity contribution in [2.45, 2.75) is 0 Å². The smallest absolute Gasteiger partial charge is 0.151 e. The Kier molecular flexibility index (Phi) is 2.43. The second kappa shape index (κ2) is 3.74. The van der Waals surface area contributed by atoms with Gasteiger partial charge in [0.1, 0.15) is 0 Å². The number of halogens is 1. The van der Waals surface area contributed by atoms with E-state index >= 15 is 0 Å². The Morgan fingerprint density at radius 1 is 1.00 bits per heavy atom. The molecule has 0 saturated carbocycles. The number of rotatable bonds is 1. The Bertz CT molecular complexity index is 481. The maximum absolute atomic E-state index is 5.83. The normalized spacial score (nSPS) is 10.2. The van der Waals surface area contributed by atoms with E-state index in [9.17, 15) is 0 Å². The Balaban J connectivity index is 2.54. The van der Waals surface area contributed by atoms with Crippen LogP contribution in [-0.4, -0.2) is 10.2 Å². The highest BCUT2D eigenvalue weighted by atomic mass is 35.5. The fourth-order valence-electron chi connectivity index (χ4n) is 1.27. The Morgan fingerprint density at radius 2 is 1.80 bits per heavy atom. The average molecular weight is 221 g/mol. The first-order chi connectivity index (χ1) is 7.18. The fraction of sp³-hybridized carbons (Fsp3) is 0. The standard InChI is InChI=1S/C10H9ClN4/c11-9-5-4-8(14-15-9)6-2-1-3-7(12)10(6)13/h1-5H,12-13H2. The molecular formula is C10H9ClN4. The van der Waals surface area contributed by atoms with Gasteiger partial charge in [0.15, 0.2) is 5.15 Å². The van der Waals surface area contributed by atoms with Crippen LogP contribution in [0.1, 0.15) is 0 Å². The maximum atomic E-state index is 5.83. The van der Waals surface area contributed by atoms with E-state index in [0.717, 1.165) is 5.56 Å². The third-order valence-electron chi connectivity index (χ3n) is 2.05. The summed E-state index contributed by atoms with van der Waals surface area (Å²) >= 11 is 5.64. The molecule has 4 nitrogen and oxygen atoms in total. The van der Waals surface area contributed by atoms with E-state index in [0.29, 0.717) is 22.2 Å². The van der Waals surface area contributed by atoms with E-state index in [1.165, 1.54) is 0 Å². The summed E-state index contributed by atoms with van der Waals surface area (Å²) in [6.45, 7) is 0. The van der Waals surface area contributed by atoms with Gasteiger partial charge in [0.05, 0.1) is 17.1 Å². The molecule has 4 N–H and O–H groups in total. The molecule has 0 radical (unpaired) electrons. The average Bonchev–Trinajstić information content (AvgIpc) is 2.24. The molecular weight excluding hydrogens is 212 g/mol. The van der Waals surface area contributed by atoms with E-state index in [-0.39, 0.29) is 0 Å². The van der Waals surface area contributed by atoms with Crippen LogP contribution < -0.4 is 11.5 Å². The predicted molar refractivity (Wildman–Crippen MR) is 61.3 cm³/mol. The molecule has 1 heterocycles. The molecule has 0 aliphatic rings. The number of aromatic nitrogens is 2. The van der Waals surface area contributed by atoms with Crippen LogP contribution in [0.4, 0.5) is 11.4 Å². The van der Waals surface area contributed by atoms with Crippen LogP contribution in [0.5, 0.6) is 0 Å². The van der Waals surface area contributed by atoms with Gasteiger partial charge in [-0.05, 0) is 18.2 Å². The number of nitrogens with two attached hydrogens (primary N) is 2. The summed E-state index contributed by atoms with van der Waals surface area (Å²) in [5.41, 5.74) is 14.0. The first kappa shape index (κ1) is 9.73. The number of nitrogen functional groups attached to an aromatic ring is 2. The molecule has 0 atom stereocenters. The quantitative estimate of drug-likeness (QED) is 0.721. The first-order valence-corrected chi connectivity index (χ1v) is 4.70. The highest BCUT2D eigenvalue weighted by molar-refractivity contribution is 6.29. The molecule has 0 aliphatic heterocycles. The first-order valence-electron chi connectivity index (χ1n) is 4.32. The zero-order chi connectivity index (χ0) is 10.8. The summed E-state index contributed by atoms with van der Waals surface area (Å²) in [7, 11) is 0. The minimum atomic E-state index is 0.348. The van der Waals surface area contributed by atoms with E-state index in [1.54, 1.807) is 18.2 Å². The van der Waals surface area contributed by atoms with Crippen LogP contribution in [-0.2, 0) is 0 Å². The van der Waals surface area contributed by atoms with E-state index in [1.807, 2.05) is 12.1 Å². The molecule has 0 unspecified atom stereocenters. The van der Waals surface area contributed by atoms with E-state index in [2.05, 4.69) is 10.2 Å². The lowest BCUT2D eigenvalue weighted by atomic mass is 10.1. The summed E-state index contributed by atoms with van der Waals surface area (Å²) in [6.07, 6.45) is 0. The van der Waals surface area contributed by atoms with Gasteiger partial charge >= 0.3 is 0 Å². The third-order valence-corrected chi connectivity index (χ3v) is 2.25. The van der Waals surface area contributed by atoms with Crippen molar-refractivity contribution in [2.75, 3.05) is 11.5 Å². The summed E-state index contributed by atoms with van der Waals surface area (Å²) < 4.78 is 0. The van der Waals surface area contributed by atoms with Gasteiger partial charge in [-0.15, -0.1) is 10.2 Å². The molecule has 0 saturated heterocycles. The largest absolute Gasteiger partial charge is 0.397 e. The van der Waals surface area contributed by atoms with Crippen LogP contribution in [0.25, 0.3) is 11.3 Å². The van der Waals surface area contributed by atoms with Crippen LogP contribution in [0, 0.1) is 0 Å². The molecule has 1 aromatic carbocycles. The molecule has 0 aliphatic carbocycles. The second-order valence-corrected chi connectivity index (χ2v) is 3.44. The number of hydrogen-bond donors (Lipinski definition) is 2. The van der Waals surface area contributed by atoms with Crippen molar-refractivity contribution in [3.05, 3.63) is 35.5 Å². The van der Waals surface area contributed by atoms with Crippen LogP contribution in [0.15, 0.2) is 30.3 Å². The Hall–Kier alpha value is -1.81. The zero-order valence-electron chi connectivity index (χ0n) is 7.81. The van der Waals surface area contributed by atoms with Gasteiger partial charge in [-0.25, -0.2) is 0 Å². The molecule has 1 aromatic heterocycles. The van der Waals surface area contributed by atoms with E-state index < -0.39 is 0 Å². The fourth-order valence-corrected chi connectivity index (χ4v) is 1.37. The lowest BCUT2D eigenvalue weighted by molar-refractivity contribution is 1.04. The zero-order valence-corrected chi connectivity index (χ0v) is 8.57.